The van der Waals surface area contributed by atoms with E-state index in [0.29, 0.717) is 18.7 Å². The number of hydrogen-bond acceptors (Lipinski definition) is 5. The van der Waals surface area contributed by atoms with Crippen molar-refractivity contribution in [2.75, 3.05) is 20.2 Å². The average molecular weight is 264 g/mol. The van der Waals surface area contributed by atoms with Crippen LogP contribution in [0.15, 0.2) is 24.3 Å². The van der Waals surface area contributed by atoms with E-state index in [1.165, 1.54) is 13.2 Å². The zero-order chi connectivity index (χ0) is 13.8. The number of nitro benzene ring substituents is 1. The normalized spacial score (nSPS) is 19.3. The predicted molar refractivity (Wildman–Crippen MR) is 68.5 cm³/mol. The first-order chi connectivity index (χ1) is 9.11. The summed E-state index contributed by atoms with van der Waals surface area (Å²) in [6.07, 6.45) is 0.743. The Hall–Kier alpha value is -1.95. The molecule has 6 heteroatoms. The first-order valence-corrected chi connectivity index (χ1v) is 6.14. The highest BCUT2D eigenvalue weighted by Gasteiger charge is 2.29. The van der Waals surface area contributed by atoms with Crippen molar-refractivity contribution in [2.24, 2.45) is 5.92 Å². The van der Waals surface area contributed by atoms with Crippen molar-refractivity contribution >= 4 is 11.7 Å². The van der Waals surface area contributed by atoms with E-state index in [4.69, 9.17) is 4.74 Å². The molecule has 0 spiro atoms. The molecule has 2 rings (SSSR count). The summed E-state index contributed by atoms with van der Waals surface area (Å²) >= 11 is 0. The topological polar surface area (TPSA) is 72.7 Å². The largest absolute Gasteiger partial charge is 0.469 e. The number of rotatable bonds is 4. The Labute approximate surface area is 111 Å². The number of nitro groups is 1. The molecule has 1 aromatic rings. The zero-order valence-corrected chi connectivity index (χ0v) is 10.7. The molecule has 1 atom stereocenters. The lowest BCUT2D eigenvalue weighted by molar-refractivity contribution is -0.385. The van der Waals surface area contributed by atoms with Gasteiger partial charge in [0.1, 0.15) is 0 Å². The number of likely N-dealkylation sites (tertiary alicyclic amines) is 1. The van der Waals surface area contributed by atoms with Crippen molar-refractivity contribution in [3.05, 3.63) is 39.9 Å². The molecular formula is C13H16N2O4. The molecule has 0 bridgehead atoms. The SMILES string of the molecule is COC(=O)C1CCN(Cc2ccccc2[N+](=O)[O-])C1. The molecule has 6 nitrogen and oxygen atoms in total. The first-order valence-electron chi connectivity index (χ1n) is 6.14. The molecule has 102 valence electrons. The maximum atomic E-state index is 11.4. The third-order valence-electron chi connectivity index (χ3n) is 3.39. The summed E-state index contributed by atoms with van der Waals surface area (Å²) in [5.74, 6) is -0.321. The maximum Gasteiger partial charge on any atom is 0.310 e. The lowest BCUT2D eigenvalue weighted by Gasteiger charge is -2.15. The highest BCUT2D eigenvalue weighted by molar-refractivity contribution is 5.72. The van der Waals surface area contributed by atoms with Gasteiger partial charge in [-0.25, -0.2) is 0 Å². The van der Waals surface area contributed by atoms with Gasteiger partial charge in [0.2, 0.25) is 0 Å². The molecule has 1 aliphatic rings. The number of hydrogen-bond donors (Lipinski definition) is 0. The van der Waals surface area contributed by atoms with Crippen LogP contribution < -0.4 is 0 Å². The van der Waals surface area contributed by atoms with Crippen LogP contribution in [0.1, 0.15) is 12.0 Å². The summed E-state index contributed by atoms with van der Waals surface area (Å²) in [5, 5.41) is 10.9. The number of benzene rings is 1. The maximum absolute atomic E-state index is 11.4. The van der Waals surface area contributed by atoms with Crippen molar-refractivity contribution in [1.29, 1.82) is 0 Å². The fourth-order valence-electron chi connectivity index (χ4n) is 2.40. The van der Waals surface area contributed by atoms with Gasteiger partial charge in [-0.15, -0.1) is 0 Å². The fourth-order valence-corrected chi connectivity index (χ4v) is 2.40. The molecule has 1 unspecified atom stereocenters. The number of para-hydroxylation sites is 1. The van der Waals surface area contributed by atoms with Crippen LogP contribution in [0.25, 0.3) is 0 Å². The summed E-state index contributed by atoms with van der Waals surface area (Å²) in [6, 6.07) is 6.70. The summed E-state index contributed by atoms with van der Waals surface area (Å²) in [4.78, 5) is 24.0. The van der Waals surface area contributed by atoms with E-state index < -0.39 is 0 Å². The molecule has 0 saturated carbocycles. The molecule has 1 saturated heterocycles. The lowest BCUT2D eigenvalue weighted by Crippen LogP contribution is -2.24. The molecule has 0 amide bonds. The third kappa shape index (κ3) is 3.08. The standard InChI is InChI=1S/C13H16N2O4/c1-19-13(16)11-6-7-14(9-11)8-10-4-2-3-5-12(10)15(17)18/h2-5,11H,6-9H2,1H3. The van der Waals surface area contributed by atoms with Crippen LogP contribution in [-0.2, 0) is 16.1 Å². The van der Waals surface area contributed by atoms with Crippen LogP contribution in [0, 0.1) is 16.0 Å². The van der Waals surface area contributed by atoms with Gasteiger partial charge in [-0.1, -0.05) is 18.2 Å². The summed E-state index contributed by atoms with van der Waals surface area (Å²) in [6.45, 7) is 1.84. The number of carbonyl (C=O) groups is 1. The molecular weight excluding hydrogens is 248 g/mol. The molecule has 19 heavy (non-hydrogen) atoms. The quantitative estimate of drug-likeness (QED) is 0.469. The van der Waals surface area contributed by atoms with Crippen molar-refractivity contribution < 1.29 is 14.5 Å². The number of carbonyl (C=O) groups excluding carboxylic acids is 1. The highest BCUT2D eigenvalue weighted by atomic mass is 16.6. The van der Waals surface area contributed by atoms with E-state index in [2.05, 4.69) is 0 Å². The highest BCUT2D eigenvalue weighted by Crippen LogP contribution is 2.24. The van der Waals surface area contributed by atoms with E-state index in [1.54, 1.807) is 18.2 Å². The van der Waals surface area contributed by atoms with Gasteiger partial charge in [0.25, 0.3) is 5.69 Å². The van der Waals surface area contributed by atoms with E-state index in [0.717, 1.165) is 13.0 Å². The van der Waals surface area contributed by atoms with Gasteiger partial charge in [-0.3, -0.25) is 19.8 Å². The molecule has 0 aromatic heterocycles. The Bertz CT molecular complexity index is 489. The fraction of sp³-hybridized carbons (Fsp3) is 0.462. The van der Waals surface area contributed by atoms with Gasteiger partial charge in [-0.05, 0) is 13.0 Å². The number of esters is 1. The zero-order valence-electron chi connectivity index (χ0n) is 10.7. The minimum atomic E-state index is -0.372. The summed E-state index contributed by atoms with van der Waals surface area (Å²) in [5.41, 5.74) is 0.807. The van der Waals surface area contributed by atoms with Crippen LogP contribution in [0.3, 0.4) is 0 Å². The van der Waals surface area contributed by atoms with Gasteiger partial charge in [0, 0.05) is 24.7 Å². The Morgan fingerprint density at radius 3 is 2.95 bits per heavy atom. The Morgan fingerprint density at radius 1 is 1.53 bits per heavy atom. The van der Waals surface area contributed by atoms with Gasteiger partial charge in [0.15, 0.2) is 0 Å². The minimum absolute atomic E-state index is 0.118. The van der Waals surface area contributed by atoms with Gasteiger partial charge in [-0.2, -0.15) is 0 Å². The Morgan fingerprint density at radius 2 is 2.26 bits per heavy atom. The second kappa shape index (κ2) is 5.79. The van der Waals surface area contributed by atoms with E-state index in [-0.39, 0.29) is 22.5 Å². The second-order valence-electron chi connectivity index (χ2n) is 4.63. The molecule has 0 N–H and O–H groups in total. The van der Waals surface area contributed by atoms with Crippen molar-refractivity contribution in [1.82, 2.24) is 4.90 Å². The average Bonchev–Trinajstić information content (AvgIpc) is 2.86. The van der Waals surface area contributed by atoms with Crippen molar-refractivity contribution in [2.45, 2.75) is 13.0 Å². The van der Waals surface area contributed by atoms with E-state index in [9.17, 15) is 14.9 Å². The van der Waals surface area contributed by atoms with Crippen molar-refractivity contribution in [3.8, 4) is 0 Å². The van der Waals surface area contributed by atoms with Gasteiger partial charge < -0.3 is 4.74 Å². The smallest absolute Gasteiger partial charge is 0.310 e. The van der Waals surface area contributed by atoms with Crippen LogP contribution in [-0.4, -0.2) is 36.0 Å². The van der Waals surface area contributed by atoms with E-state index >= 15 is 0 Å². The molecule has 1 fully saturated rings. The Balaban J connectivity index is 2.03. The van der Waals surface area contributed by atoms with Crippen LogP contribution in [0.5, 0.6) is 0 Å². The predicted octanol–water partition coefficient (Wildman–Crippen LogP) is 1.59. The molecule has 1 heterocycles. The summed E-state index contributed by atoms with van der Waals surface area (Å²) in [7, 11) is 1.38. The summed E-state index contributed by atoms with van der Waals surface area (Å²) < 4.78 is 4.72. The molecule has 1 aliphatic heterocycles. The number of ether oxygens (including phenoxy) is 1. The van der Waals surface area contributed by atoms with Crippen LogP contribution in [0.4, 0.5) is 5.69 Å². The van der Waals surface area contributed by atoms with Gasteiger partial charge in [0.05, 0.1) is 18.0 Å². The third-order valence-corrected chi connectivity index (χ3v) is 3.39. The van der Waals surface area contributed by atoms with E-state index in [1.807, 2.05) is 4.90 Å². The monoisotopic (exact) mass is 264 g/mol. The molecule has 0 radical (unpaired) electrons. The first kappa shape index (κ1) is 13.5. The second-order valence-corrected chi connectivity index (χ2v) is 4.63. The minimum Gasteiger partial charge on any atom is -0.469 e. The molecule has 1 aromatic carbocycles. The van der Waals surface area contributed by atoms with Crippen LogP contribution in [0.2, 0.25) is 0 Å². The number of nitrogens with zero attached hydrogens (tertiary/aromatic N) is 2. The Kier molecular flexibility index (Phi) is 4.11. The number of methoxy groups -OCH3 is 1. The lowest BCUT2D eigenvalue weighted by atomic mass is 10.1. The van der Waals surface area contributed by atoms with Crippen LogP contribution >= 0.6 is 0 Å². The van der Waals surface area contributed by atoms with Gasteiger partial charge >= 0.3 is 5.97 Å². The van der Waals surface area contributed by atoms with Crippen molar-refractivity contribution in [3.63, 3.8) is 0 Å². The molecule has 0 aliphatic carbocycles.